The van der Waals surface area contributed by atoms with Crippen molar-refractivity contribution in [2.45, 2.75) is 26.4 Å². The van der Waals surface area contributed by atoms with Crippen molar-refractivity contribution >= 4 is 11.9 Å². The van der Waals surface area contributed by atoms with Crippen LogP contribution >= 0.6 is 0 Å². The van der Waals surface area contributed by atoms with E-state index in [9.17, 15) is 9.59 Å². The van der Waals surface area contributed by atoms with Gasteiger partial charge in [-0.2, -0.15) is 0 Å². The van der Waals surface area contributed by atoms with E-state index in [0.717, 1.165) is 10.1 Å². The van der Waals surface area contributed by atoms with Crippen LogP contribution in [0.2, 0.25) is 0 Å². The van der Waals surface area contributed by atoms with Crippen LogP contribution in [0.5, 0.6) is 11.5 Å². The fourth-order valence-corrected chi connectivity index (χ4v) is 2.36. The standard InChI is InChI=1S/C16H18N4O4/c1-2-11-6-15(22)20(16(17)19-11)8-14(21)18-7-10-3-4-12-13(5-10)24-9-23-12/h3-6H,2,7-9H2,1H3,(H2,17,19)(H,18,21). The maximum Gasteiger partial charge on any atom is 0.255 e. The van der Waals surface area contributed by atoms with Gasteiger partial charge in [-0.1, -0.05) is 13.0 Å². The van der Waals surface area contributed by atoms with Gasteiger partial charge in [0, 0.05) is 18.3 Å². The second kappa shape index (κ2) is 6.61. The van der Waals surface area contributed by atoms with Gasteiger partial charge >= 0.3 is 0 Å². The molecule has 8 heteroatoms. The van der Waals surface area contributed by atoms with Crippen LogP contribution in [0.15, 0.2) is 29.1 Å². The molecule has 2 heterocycles. The molecule has 126 valence electrons. The quantitative estimate of drug-likeness (QED) is 0.823. The molecule has 0 aliphatic carbocycles. The van der Waals surface area contributed by atoms with E-state index in [1.54, 1.807) is 12.1 Å². The van der Waals surface area contributed by atoms with Gasteiger partial charge in [0.1, 0.15) is 6.54 Å². The maximum atomic E-state index is 12.1. The summed E-state index contributed by atoms with van der Waals surface area (Å²) in [6.07, 6.45) is 0.608. The van der Waals surface area contributed by atoms with Crippen molar-refractivity contribution in [2.75, 3.05) is 12.5 Å². The van der Waals surface area contributed by atoms with Crippen molar-refractivity contribution in [2.24, 2.45) is 0 Å². The lowest BCUT2D eigenvalue weighted by Gasteiger charge is -2.10. The molecular formula is C16H18N4O4. The van der Waals surface area contributed by atoms with Crippen LogP contribution in [-0.4, -0.2) is 22.3 Å². The van der Waals surface area contributed by atoms with E-state index in [1.165, 1.54) is 6.07 Å². The summed E-state index contributed by atoms with van der Waals surface area (Å²) in [5, 5.41) is 2.74. The molecule has 2 aromatic rings. The fraction of sp³-hybridized carbons (Fsp3) is 0.312. The van der Waals surface area contributed by atoms with Gasteiger partial charge in [0.25, 0.3) is 5.56 Å². The number of anilines is 1. The molecule has 0 radical (unpaired) electrons. The highest BCUT2D eigenvalue weighted by molar-refractivity contribution is 5.76. The van der Waals surface area contributed by atoms with Crippen LogP contribution in [0.25, 0.3) is 0 Å². The molecule has 0 saturated heterocycles. The summed E-state index contributed by atoms with van der Waals surface area (Å²) < 4.78 is 11.7. The summed E-state index contributed by atoms with van der Waals surface area (Å²) in [5.41, 5.74) is 6.89. The third-order valence-electron chi connectivity index (χ3n) is 3.68. The smallest absolute Gasteiger partial charge is 0.255 e. The second-order valence-electron chi connectivity index (χ2n) is 5.35. The number of nitrogens with one attached hydrogen (secondary N) is 1. The number of nitrogens with two attached hydrogens (primary N) is 1. The van der Waals surface area contributed by atoms with Gasteiger partial charge in [-0.05, 0) is 24.1 Å². The molecule has 1 aromatic carbocycles. The van der Waals surface area contributed by atoms with Crippen molar-refractivity contribution < 1.29 is 14.3 Å². The van der Waals surface area contributed by atoms with Gasteiger partial charge < -0.3 is 20.5 Å². The molecule has 0 spiro atoms. The summed E-state index contributed by atoms with van der Waals surface area (Å²) in [4.78, 5) is 28.2. The van der Waals surface area contributed by atoms with Crippen LogP contribution in [0.1, 0.15) is 18.2 Å². The van der Waals surface area contributed by atoms with E-state index < -0.39 is 0 Å². The fourth-order valence-electron chi connectivity index (χ4n) is 2.36. The number of fused-ring (bicyclic) bond motifs is 1. The number of carbonyl (C=O) groups is 1. The lowest BCUT2D eigenvalue weighted by atomic mass is 10.2. The topological polar surface area (TPSA) is 108 Å². The number of hydrogen-bond acceptors (Lipinski definition) is 6. The van der Waals surface area contributed by atoms with E-state index in [4.69, 9.17) is 15.2 Å². The molecule has 8 nitrogen and oxygen atoms in total. The molecule has 1 amide bonds. The average Bonchev–Trinajstić information content (AvgIpc) is 3.03. The largest absolute Gasteiger partial charge is 0.454 e. The number of rotatable bonds is 5. The Kier molecular flexibility index (Phi) is 4.37. The van der Waals surface area contributed by atoms with E-state index in [0.29, 0.717) is 30.2 Å². The Bertz CT molecular complexity index is 831. The monoisotopic (exact) mass is 330 g/mol. The summed E-state index contributed by atoms with van der Waals surface area (Å²) in [6, 6.07) is 6.83. The van der Waals surface area contributed by atoms with Crippen LogP contribution < -0.4 is 26.1 Å². The zero-order valence-electron chi connectivity index (χ0n) is 13.2. The van der Waals surface area contributed by atoms with Crippen LogP contribution in [0.4, 0.5) is 5.95 Å². The number of amides is 1. The van der Waals surface area contributed by atoms with E-state index in [2.05, 4.69) is 10.3 Å². The minimum absolute atomic E-state index is 0.0394. The number of aromatic nitrogens is 2. The number of benzene rings is 1. The second-order valence-corrected chi connectivity index (χ2v) is 5.35. The predicted molar refractivity (Wildman–Crippen MR) is 86.7 cm³/mol. The Balaban J connectivity index is 1.63. The van der Waals surface area contributed by atoms with Gasteiger partial charge in [0.05, 0.1) is 0 Å². The molecule has 0 bridgehead atoms. The number of carbonyl (C=O) groups excluding carboxylic acids is 1. The summed E-state index contributed by atoms with van der Waals surface area (Å²) >= 11 is 0. The van der Waals surface area contributed by atoms with Crippen molar-refractivity contribution in [3.8, 4) is 11.5 Å². The number of aryl methyl sites for hydroxylation is 1. The van der Waals surface area contributed by atoms with Gasteiger partial charge in [-0.3, -0.25) is 14.2 Å². The molecular weight excluding hydrogens is 312 g/mol. The Morgan fingerprint density at radius 3 is 2.88 bits per heavy atom. The highest BCUT2D eigenvalue weighted by Gasteiger charge is 2.14. The average molecular weight is 330 g/mol. The summed E-state index contributed by atoms with van der Waals surface area (Å²) in [7, 11) is 0. The van der Waals surface area contributed by atoms with E-state index >= 15 is 0 Å². The molecule has 0 unspecified atom stereocenters. The first-order chi connectivity index (χ1) is 11.6. The number of nitrogens with zero attached hydrogens (tertiary/aromatic N) is 2. The first-order valence-electron chi connectivity index (χ1n) is 7.58. The zero-order valence-corrected chi connectivity index (χ0v) is 13.2. The molecule has 3 rings (SSSR count). The third-order valence-corrected chi connectivity index (χ3v) is 3.68. The highest BCUT2D eigenvalue weighted by Crippen LogP contribution is 2.32. The van der Waals surface area contributed by atoms with E-state index in [1.807, 2.05) is 13.0 Å². The Hall–Kier alpha value is -3.03. The molecule has 1 aromatic heterocycles. The van der Waals surface area contributed by atoms with Gasteiger partial charge in [-0.25, -0.2) is 4.98 Å². The number of hydrogen-bond donors (Lipinski definition) is 2. The first-order valence-corrected chi connectivity index (χ1v) is 7.58. The Morgan fingerprint density at radius 1 is 1.33 bits per heavy atom. The van der Waals surface area contributed by atoms with E-state index in [-0.39, 0.29) is 30.8 Å². The lowest BCUT2D eigenvalue weighted by molar-refractivity contribution is -0.121. The lowest BCUT2D eigenvalue weighted by Crippen LogP contribution is -2.33. The van der Waals surface area contributed by atoms with Gasteiger partial charge in [-0.15, -0.1) is 0 Å². The summed E-state index contributed by atoms with van der Waals surface area (Å²) in [5.74, 6) is 1.05. The molecule has 1 aliphatic heterocycles. The van der Waals surface area contributed by atoms with Crippen molar-refractivity contribution in [1.29, 1.82) is 0 Å². The number of nitrogen functional groups attached to an aromatic ring is 1. The SMILES string of the molecule is CCc1cc(=O)n(CC(=O)NCc2ccc3c(c2)OCO3)c(N)n1. The number of ether oxygens (including phenoxy) is 2. The van der Waals surface area contributed by atoms with Gasteiger partial charge in [0.15, 0.2) is 11.5 Å². The van der Waals surface area contributed by atoms with Crippen LogP contribution in [-0.2, 0) is 24.3 Å². The summed E-state index contributed by atoms with van der Waals surface area (Å²) in [6.45, 7) is 2.22. The maximum absolute atomic E-state index is 12.1. The first kappa shape index (κ1) is 15.9. The molecule has 0 saturated carbocycles. The normalized spacial score (nSPS) is 12.2. The minimum atomic E-state index is -0.336. The Labute approximate surface area is 138 Å². The molecule has 1 aliphatic rings. The van der Waals surface area contributed by atoms with Crippen molar-refractivity contribution in [3.63, 3.8) is 0 Å². The van der Waals surface area contributed by atoms with Gasteiger partial charge in [0.2, 0.25) is 18.6 Å². The zero-order chi connectivity index (χ0) is 17.1. The highest BCUT2D eigenvalue weighted by atomic mass is 16.7. The van der Waals surface area contributed by atoms with Crippen molar-refractivity contribution in [1.82, 2.24) is 14.9 Å². The Morgan fingerprint density at radius 2 is 2.12 bits per heavy atom. The van der Waals surface area contributed by atoms with Crippen LogP contribution in [0, 0.1) is 0 Å². The molecule has 0 fully saturated rings. The predicted octanol–water partition coefficient (Wildman–Crippen LogP) is 0.433. The minimum Gasteiger partial charge on any atom is -0.454 e. The molecule has 24 heavy (non-hydrogen) atoms. The van der Waals surface area contributed by atoms with Crippen molar-refractivity contribution in [3.05, 3.63) is 45.9 Å². The third kappa shape index (κ3) is 3.32. The molecule has 3 N–H and O–H groups in total. The van der Waals surface area contributed by atoms with Crippen LogP contribution in [0.3, 0.4) is 0 Å². The molecule has 0 atom stereocenters.